The van der Waals surface area contributed by atoms with Crippen LogP contribution in [-0.2, 0) is 36.9 Å². The number of hydrogen-bond acceptors (Lipinski definition) is 7. The van der Waals surface area contributed by atoms with E-state index in [2.05, 4.69) is 26.4 Å². The summed E-state index contributed by atoms with van der Waals surface area (Å²) in [4.78, 5) is 52.7. The van der Waals surface area contributed by atoms with Gasteiger partial charge in [-0.15, -0.1) is 0 Å². The van der Waals surface area contributed by atoms with Gasteiger partial charge in [-0.25, -0.2) is 0 Å². The molecule has 4 amide bonds. The molecule has 0 aliphatic carbocycles. The summed E-state index contributed by atoms with van der Waals surface area (Å²) in [7, 11) is 0. The highest BCUT2D eigenvalue weighted by Gasteiger charge is 2.33. The summed E-state index contributed by atoms with van der Waals surface area (Å²) in [5, 5.41) is 27.1. The molecule has 13 heteroatoms. The van der Waals surface area contributed by atoms with E-state index in [4.69, 9.17) is 0 Å². The Balaban J connectivity index is 3.01. The highest BCUT2D eigenvalue weighted by atomic mass is 32.2. The number of aryl methyl sites for hydroxylation is 2. The van der Waals surface area contributed by atoms with E-state index in [1.54, 1.807) is 11.6 Å². The predicted octanol–water partition coefficient (Wildman–Crippen LogP) is 2.22. The van der Waals surface area contributed by atoms with E-state index in [0.717, 1.165) is 11.4 Å². The minimum atomic E-state index is -1.40. The van der Waals surface area contributed by atoms with Gasteiger partial charge in [-0.2, -0.15) is 5.10 Å². The maximum atomic E-state index is 13.5. The van der Waals surface area contributed by atoms with Gasteiger partial charge < -0.3 is 30.9 Å². The molecule has 0 saturated heterocycles. The minimum absolute atomic E-state index is 0.0409. The second-order valence-electron chi connectivity index (χ2n) is 13.8. The second-order valence-corrected chi connectivity index (χ2v) is 15.3. The van der Waals surface area contributed by atoms with Crippen LogP contribution in [0, 0.1) is 43.4 Å². The van der Waals surface area contributed by atoms with Crippen molar-refractivity contribution in [2.45, 2.75) is 119 Å². The third kappa shape index (κ3) is 14.4. The lowest BCUT2D eigenvalue weighted by Gasteiger charge is -2.30. The van der Waals surface area contributed by atoms with Crippen molar-refractivity contribution in [1.29, 1.82) is 0 Å². The Morgan fingerprint density at radius 3 is 2.02 bits per heavy atom. The second kappa shape index (κ2) is 19.9. The fraction of sp³-hybridized carbons (Fsp3) is 0.788. The number of amides is 4. The number of nitrogens with one attached hydrogen (secondary N) is 4. The Hall–Kier alpha value is -2.64. The summed E-state index contributed by atoms with van der Waals surface area (Å²) < 4.78 is 14.0. The molecule has 0 bridgehead atoms. The number of nitrogens with zero attached hydrogens (tertiary/aromatic N) is 2. The Bertz CT molecular complexity index is 1120. The minimum Gasteiger partial charge on any atom is -0.616 e. The van der Waals surface area contributed by atoms with E-state index in [-0.39, 0.29) is 47.6 Å². The molecule has 1 aromatic rings. The van der Waals surface area contributed by atoms with Gasteiger partial charge in [0.05, 0.1) is 36.6 Å². The number of carbonyl (C=O) groups is 4. The summed E-state index contributed by atoms with van der Waals surface area (Å²) >= 11 is -1.40. The lowest BCUT2D eigenvalue weighted by Crippen LogP contribution is -2.56. The molecule has 1 aromatic heterocycles. The zero-order valence-corrected chi connectivity index (χ0v) is 30.6. The quantitative estimate of drug-likeness (QED) is 0.132. The first-order valence-electron chi connectivity index (χ1n) is 16.5. The molecule has 0 fully saturated rings. The van der Waals surface area contributed by atoms with Crippen LogP contribution in [0.3, 0.4) is 0 Å². The molecule has 1 rings (SSSR count). The molecule has 1 heterocycles. The molecular formula is C33H60N6O6S. The molecule has 0 spiro atoms. The Morgan fingerprint density at radius 1 is 0.913 bits per heavy atom. The molecule has 0 aliphatic rings. The van der Waals surface area contributed by atoms with Crippen LogP contribution in [0.15, 0.2) is 6.07 Å². The smallest absolute Gasteiger partial charge is 0.247 e. The normalized spacial score (nSPS) is 16.3. The van der Waals surface area contributed by atoms with E-state index in [0.29, 0.717) is 25.9 Å². The molecule has 12 nitrogen and oxygen atoms in total. The van der Waals surface area contributed by atoms with Crippen molar-refractivity contribution in [2.75, 3.05) is 18.6 Å². The highest BCUT2D eigenvalue weighted by molar-refractivity contribution is 7.90. The maximum absolute atomic E-state index is 13.5. The third-order valence-electron chi connectivity index (χ3n) is 7.89. The number of hydrogen-bond donors (Lipinski definition) is 5. The fourth-order valence-corrected chi connectivity index (χ4v) is 5.86. The summed E-state index contributed by atoms with van der Waals surface area (Å²) in [6, 6.07) is -0.588. The van der Waals surface area contributed by atoms with E-state index in [1.165, 1.54) is 6.26 Å². The molecule has 0 aromatic carbocycles. The van der Waals surface area contributed by atoms with Crippen LogP contribution in [-0.4, -0.2) is 85.9 Å². The average Bonchev–Trinajstić information content (AvgIpc) is 3.27. The third-order valence-corrected chi connectivity index (χ3v) is 8.69. The van der Waals surface area contributed by atoms with Crippen LogP contribution in [0.1, 0.15) is 86.0 Å². The SMILES string of the molecule is CC[C@@H](Cn1nc(C)cc1C)C(=O)N[C@@H](C[S+](C)[O-])C(=O)N[C@@H](CC(C)C)[C@@H](O)C[C@@H](C)C(=O)N[C@@H](C(=O)NCC(C)C)C(C)C. The van der Waals surface area contributed by atoms with Gasteiger partial charge in [0.15, 0.2) is 6.04 Å². The first-order chi connectivity index (χ1) is 21.4. The van der Waals surface area contributed by atoms with Crippen molar-refractivity contribution in [3.05, 3.63) is 17.5 Å². The molecule has 1 unspecified atom stereocenters. The first-order valence-corrected chi connectivity index (χ1v) is 18.3. The number of rotatable bonds is 20. The van der Waals surface area contributed by atoms with E-state index in [1.807, 2.05) is 68.4 Å². The predicted molar refractivity (Wildman–Crippen MR) is 182 cm³/mol. The van der Waals surface area contributed by atoms with Gasteiger partial charge in [-0.3, -0.25) is 23.9 Å². The number of carbonyl (C=O) groups excluding carboxylic acids is 4. The standard InChI is InChI=1S/C33H60N6O6S/c1-12-25(17-39-24(10)15-23(9)38-39)31(42)36-27(18-46(11)45)32(43)35-26(13-19(2)3)28(40)14-22(8)30(41)37-29(21(6)7)33(44)34-16-20(4)5/h15,19-22,25-29,40H,12-14,16-18H2,1-11H3,(H,34,44)(H,35,43)(H,36,42)(H,37,41)/t22-,25+,26+,27+,28+,29-,46?/m1/s1. The Labute approximate surface area is 279 Å². The Kier molecular flexibility index (Phi) is 17.9. The zero-order valence-electron chi connectivity index (χ0n) is 29.8. The van der Waals surface area contributed by atoms with Gasteiger partial charge in [-0.05, 0) is 56.9 Å². The number of aliphatic hydroxyl groups is 1. The fourth-order valence-electron chi connectivity index (χ4n) is 5.16. The monoisotopic (exact) mass is 668 g/mol. The largest absolute Gasteiger partial charge is 0.616 e. The molecule has 5 N–H and O–H groups in total. The van der Waals surface area contributed by atoms with Crippen LogP contribution in [0.5, 0.6) is 0 Å². The van der Waals surface area contributed by atoms with E-state index < -0.39 is 53.1 Å². The average molecular weight is 669 g/mol. The molecule has 7 atom stereocenters. The Morgan fingerprint density at radius 2 is 1.54 bits per heavy atom. The van der Waals surface area contributed by atoms with Crippen LogP contribution in [0.2, 0.25) is 0 Å². The van der Waals surface area contributed by atoms with Gasteiger partial charge in [0.1, 0.15) is 11.8 Å². The van der Waals surface area contributed by atoms with Crippen molar-refractivity contribution in [2.24, 2.45) is 29.6 Å². The molecule has 0 aliphatic heterocycles. The van der Waals surface area contributed by atoms with Crippen molar-refractivity contribution >= 4 is 34.8 Å². The van der Waals surface area contributed by atoms with Crippen LogP contribution >= 0.6 is 0 Å². The van der Waals surface area contributed by atoms with E-state index in [9.17, 15) is 28.8 Å². The zero-order chi connectivity index (χ0) is 35.3. The van der Waals surface area contributed by atoms with Crippen LogP contribution < -0.4 is 21.3 Å². The first kappa shape index (κ1) is 41.4. The number of aliphatic hydroxyl groups excluding tert-OH is 1. The van der Waals surface area contributed by atoms with Crippen molar-refractivity contribution in [1.82, 2.24) is 31.0 Å². The van der Waals surface area contributed by atoms with Gasteiger partial charge in [-0.1, -0.05) is 66.6 Å². The van der Waals surface area contributed by atoms with Gasteiger partial charge in [0.2, 0.25) is 23.6 Å². The van der Waals surface area contributed by atoms with Crippen LogP contribution in [0.25, 0.3) is 0 Å². The topological polar surface area (TPSA) is 178 Å². The maximum Gasteiger partial charge on any atom is 0.247 e. The van der Waals surface area contributed by atoms with Gasteiger partial charge >= 0.3 is 0 Å². The van der Waals surface area contributed by atoms with Crippen molar-refractivity contribution in [3.8, 4) is 0 Å². The summed E-state index contributed by atoms with van der Waals surface area (Å²) in [5.74, 6) is -2.50. The molecule has 264 valence electrons. The van der Waals surface area contributed by atoms with Gasteiger partial charge in [0.25, 0.3) is 0 Å². The lowest BCUT2D eigenvalue weighted by atomic mass is 9.91. The summed E-state index contributed by atoms with van der Waals surface area (Å²) in [6.45, 7) is 19.8. The molecular weight excluding hydrogens is 608 g/mol. The molecule has 0 radical (unpaired) electrons. The van der Waals surface area contributed by atoms with Crippen LogP contribution in [0.4, 0.5) is 0 Å². The lowest BCUT2D eigenvalue weighted by molar-refractivity contribution is -0.133. The van der Waals surface area contributed by atoms with Gasteiger partial charge in [0, 0.05) is 18.2 Å². The summed E-state index contributed by atoms with van der Waals surface area (Å²) in [6.07, 6.45) is 1.35. The van der Waals surface area contributed by atoms with Crippen molar-refractivity contribution in [3.63, 3.8) is 0 Å². The molecule has 0 saturated carbocycles. The molecule has 46 heavy (non-hydrogen) atoms. The summed E-state index contributed by atoms with van der Waals surface area (Å²) in [5.41, 5.74) is 1.77. The highest BCUT2D eigenvalue weighted by Crippen LogP contribution is 2.17. The number of aromatic nitrogens is 2. The van der Waals surface area contributed by atoms with E-state index >= 15 is 0 Å². The van der Waals surface area contributed by atoms with Crippen molar-refractivity contribution < 1.29 is 28.8 Å².